The number of aliphatic hydroxyl groups is 1. The van der Waals surface area contributed by atoms with Crippen molar-refractivity contribution in [2.75, 3.05) is 0 Å². The van der Waals surface area contributed by atoms with Crippen LogP contribution in [0.4, 0.5) is 0 Å². The molecule has 0 aromatic heterocycles. The summed E-state index contributed by atoms with van der Waals surface area (Å²) in [5.41, 5.74) is 0.979. The lowest BCUT2D eigenvalue weighted by Gasteiger charge is -2.52. The summed E-state index contributed by atoms with van der Waals surface area (Å²) in [6.45, 7) is 6.83. The Labute approximate surface area is 97.7 Å². The number of hydrogen-bond donors (Lipinski definition) is 1. The average Bonchev–Trinajstić information content (AvgIpc) is 2.19. The second kappa shape index (κ2) is 3.69. The summed E-state index contributed by atoms with van der Waals surface area (Å²) >= 11 is 0. The van der Waals surface area contributed by atoms with Gasteiger partial charge in [-0.3, -0.25) is 4.79 Å². The van der Waals surface area contributed by atoms with E-state index in [0.29, 0.717) is 11.5 Å². The molecule has 0 bridgehead atoms. The first-order valence-electron chi connectivity index (χ1n) is 6.25. The Morgan fingerprint density at radius 3 is 2.69 bits per heavy atom. The maximum Gasteiger partial charge on any atom is 0.148 e. The molecular formula is C14H22O2. The molecule has 1 saturated carbocycles. The number of allylic oxidation sites excluding steroid dienone is 1. The Morgan fingerprint density at radius 2 is 2.06 bits per heavy atom. The number of rotatable bonds is 1. The van der Waals surface area contributed by atoms with Crippen LogP contribution in [-0.4, -0.2) is 17.5 Å². The summed E-state index contributed by atoms with van der Waals surface area (Å²) in [4.78, 5) is 10.9. The zero-order valence-corrected chi connectivity index (χ0v) is 10.5. The van der Waals surface area contributed by atoms with Crippen LogP contribution in [0.2, 0.25) is 0 Å². The third-order valence-corrected chi connectivity index (χ3v) is 4.75. The van der Waals surface area contributed by atoms with Gasteiger partial charge in [-0.2, -0.15) is 0 Å². The Balaban J connectivity index is 2.39. The van der Waals surface area contributed by atoms with E-state index in [1.165, 1.54) is 12.8 Å². The molecule has 1 N–H and O–H groups in total. The maximum absolute atomic E-state index is 10.9. The van der Waals surface area contributed by atoms with Crippen molar-refractivity contribution < 1.29 is 9.90 Å². The monoisotopic (exact) mass is 222 g/mol. The average molecular weight is 222 g/mol. The van der Waals surface area contributed by atoms with Gasteiger partial charge in [0.05, 0.1) is 6.10 Å². The predicted molar refractivity (Wildman–Crippen MR) is 64.0 cm³/mol. The lowest BCUT2D eigenvalue weighted by Crippen LogP contribution is -2.46. The third kappa shape index (κ3) is 1.73. The molecule has 2 nitrogen and oxygen atoms in total. The van der Waals surface area contributed by atoms with Crippen molar-refractivity contribution in [1.82, 2.24) is 0 Å². The molecule has 0 aliphatic heterocycles. The van der Waals surface area contributed by atoms with Crippen LogP contribution >= 0.6 is 0 Å². The van der Waals surface area contributed by atoms with Crippen molar-refractivity contribution in [3.63, 3.8) is 0 Å². The van der Waals surface area contributed by atoms with Crippen molar-refractivity contribution in [3.8, 4) is 0 Å². The van der Waals surface area contributed by atoms with Gasteiger partial charge in [-0.15, -0.1) is 0 Å². The molecular weight excluding hydrogens is 200 g/mol. The van der Waals surface area contributed by atoms with E-state index in [2.05, 4.69) is 20.8 Å². The lowest BCUT2D eigenvalue weighted by atomic mass is 9.52. The summed E-state index contributed by atoms with van der Waals surface area (Å²) < 4.78 is 0. The number of hydrogen-bond acceptors (Lipinski definition) is 2. The Hall–Kier alpha value is -0.630. The highest BCUT2D eigenvalue weighted by Crippen LogP contribution is 2.56. The van der Waals surface area contributed by atoms with Gasteiger partial charge in [0.1, 0.15) is 6.29 Å². The van der Waals surface area contributed by atoms with Gasteiger partial charge >= 0.3 is 0 Å². The molecule has 0 aromatic rings. The molecule has 0 heterocycles. The Kier molecular flexibility index (Phi) is 2.73. The second-order valence-electron chi connectivity index (χ2n) is 6.41. The van der Waals surface area contributed by atoms with Crippen LogP contribution in [0.1, 0.15) is 46.5 Å². The van der Waals surface area contributed by atoms with Gasteiger partial charge in [0.2, 0.25) is 0 Å². The van der Waals surface area contributed by atoms with E-state index < -0.39 is 6.10 Å². The van der Waals surface area contributed by atoms with Crippen molar-refractivity contribution in [1.29, 1.82) is 0 Å². The highest BCUT2D eigenvalue weighted by atomic mass is 16.3. The van der Waals surface area contributed by atoms with Crippen LogP contribution in [0.15, 0.2) is 11.6 Å². The normalized spacial score (nSPS) is 42.1. The fourth-order valence-electron chi connectivity index (χ4n) is 3.88. The second-order valence-corrected chi connectivity index (χ2v) is 6.41. The summed E-state index contributed by atoms with van der Waals surface area (Å²) in [7, 11) is 0. The van der Waals surface area contributed by atoms with E-state index in [-0.39, 0.29) is 10.8 Å². The number of fused-ring (bicyclic) bond motifs is 1. The summed E-state index contributed by atoms with van der Waals surface area (Å²) in [6.07, 6.45) is 6.66. The molecule has 2 aliphatic rings. The van der Waals surface area contributed by atoms with E-state index in [9.17, 15) is 9.90 Å². The van der Waals surface area contributed by atoms with Crippen LogP contribution in [0.5, 0.6) is 0 Å². The van der Waals surface area contributed by atoms with Gasteiger partial charge in [0.15, 0.2) is 0 Å². The van der Waals surface area contributed by atoms with Crippen molar-refractivity contribution in [2.24, 2.45) is 16.7 Å². The first-order chi connectivity index (χ1) is 7.39. The topological polar surface area (TPSA) is 37.3 Å². The fraction of sp³-hybridized carbons (Fsp3) is 0.786. The molecule has 90 valence electrons. The molecule has 1 fully saturated rings. The van der Waals surface area contributed by atoms with E-state index in [4.69, 9.17) is 0 Å². The predicted octanol–water partition coefficient (Wildman–Crippen LogP) is 2.71. The van der Waals surface area contributed by atoms with Crippen molar-refractivity contribution >= 4 is 6.29 Å². The van der Waals surface area contributed by atoms with Crippen LogP contribution in [0, 0.1) is 16.7 Å². The summed E-state index contributed by atoms with van der Waals surface area (Å²) in [6, 6.07) is 0. The smallest absolute Gasteiger partial charge is 0.148 e. The zero-order valence-electron chi connectivity index (χ0n) is 10.5. The molecule has 0 aromatic carbocycles. The molecule has 0 radical (unpaired) electrons. The highest BCUT2D eigenvalue weighted by molar-refractivity contribution is 5.75. The molecule has 2 heteroatoms. The number of aldehydes is 1. The molecule has 2 rings (SSSR count). The van der Waals surface area contributed by atoms with Gasteiger partial charge in [-0.25, -0.2) is 0 Å². The van der Waals surface area contributed by atoms with Gasteiger partial charge in [0, 0.05) is 5.57 Å². The summed E-state index contributed by atoms with van der Waals surface area (Å²) in [5.74, 6) is 0.493. The molecule has 3 atom stereocenters. The number of carbonyl (C=O) groups is 1. The first-order valence-corrected chi connectivity index (χ1v) is 6.25. The molecule has 16 heavy (non-hydrogen) atoms. The van der Waals surface area contributed by atoms with E-state index in [1.807, 2.05) is 6.08 Å². The quantitative estimate of drug-likeness (QED) is 0.693. The van der Waals surface area contributed by atoms with Gasteiger partial charge < -0.3 is 5.11 Å². The number of carbonyl (C=O) groups excluding carboxylic acids is 1. The van der Waals surface area contributed by atoms with Crippen LogP contribution in [-0.2, 0) is 4.79 Å². The fourth-order valence-corrected chi connectivity index (χ4v) is 3.88. The standard InChI is InChI=1S/C14H22O2/c1-13(2)5-4-6-14(3)8-10(9-15)11(16)7-12(13)14/h8-9,11-12,16H,4-7H2,1-3H3/t11-,12-,14-/m0/s1. The minimum Gasteiger partial charge on any atom is -0.388 e. The largest absolute Gasteiger partial charge is 0.388 e. The zero-order chi connectivity index (χ0) is 12.0. The van der Waals surface area contributed by atoms with Crippen molar-refractivity contribution in [3.05, 3.63) is 11.6 Å². The van der Waals surface area contributed by atoms with Crippen LogP contribution in [0.25, 0.3) is 0 Å². The molecule has 0 spiro atoms. The molecule has 2 aliphatic carbocycles. The Bertz CT molecular complexity index is 330. The number of aliphatic hydroxyl groups excluding tert-OH is 1. The van der Waals surface area contributed by atoms with E-state index in [1.54, 1.807) is 0 Å². The molecule has 0 amide bonds. The van der Waals surface area contributed by atoms with Gasteiger partial charge in [-0.05, 0) is 36.0 Å². The minimum absolute atomic E-state index is 0.108. The molecule has 0 saturated heterocycles. The van der Waals surface area contributed by atoms with Gasteiger partial charge in [0.25, 0.3) is 0 Å². The van der Waals surface area contributed by atoms with Crippen LogP contribution in [0.3, 0.4) is 0 Å². The minimum atomic E-state index is -0.548. The van der Waals surface area contributed by atoms with Crippen molar-refractivity contribution in [2.45, 2.75) is 52.6 Å². The summed E-state index contributed by atoms with van der Waals surface area (Å²) in [5, 5.41) is 9.95. The SMILES string of the molecule is CC1(C)CCC[C@@]2(C)C=C(C=O)[C@@H](O)C[C@@H]12. The lowest BCUT2D eigenvalue weighted by molar-refractivity contribution is -0.106. The first kappa shape index (κ1) is 11.8. The highest BCUT2D eigenvalue weighted by Gasteiger charge is 2.48. The van der Waals surface area contributed by atoms with Gasteiger partial charge in [-0.1, -0.05) is 33.3 Å². The van der Waals surface area contributed by atoms with E-state index in [0.717, 1.165) is 19.1 Å². The Morgan fingerprint density at radius 1 is 1.38 bits per heavy atom. The third-order valence-electron chi connectivity index (χ3n) is 4.75. The molecule has 0 unspecified atom stereocenters. The van der Waals surface area contributed by atoms with Crippen LogP contribution < -0.4 is 0 Å². The van der Waals surface area contributed by atoms with E-state index >= 15 is 0 Å². The maximum atomic E-state index is 10.9.